The number of unbranched alkanes of at least 4 members (excludes halogenated alkanes) is 3. The number of hydrogen-bond acceptors (Lipinski definition) is 0. The Balaban J connectivity index is 2.64. The van der Waals surface area contributed by atoms with Crippen molar-refractivity contribution in [3.8, 4) is 0 Å². The maximum absolute atomic E-state index is 3.66. The molecule has 1 heteroatoms. The summed E-state index contributed by atoms with van der Waals surface area (Å²) in [5.74, 6) is 0. The topological polar surface area (TPSA) is 15.8 Å². The Morgan fingerprint density at radius 3 is 2.06 bits per heavy atom. The number of aromatic amines is 1. The van der Waals surface area contributed by atoms with Gasteiger partial charge in [-0.2, -0.15) is 0 Å². The van der Waals surface area contributed by atoms with Crippen LogP contribution in [0.4, 0.5) is 0 Å². The molecule has 1 N–H and O–H groups in total. The van der Waals surface area contributed by atoms with Gasteiger partial charge in [0, 0.05) is 11.4 Å². The number of rotatable bonds is 9. The lowest BCUT2D eigenvalue weighted by Gasteiger charge is -2.02. The molecule has 1 rings (SSSR count). The standard InChI is InChI=1S/C16H29N/c1-4-7-10-14-13-15(11-8-5-2)17-16(14)12-9-6-3/h13,17H,4-12H2,1-3H3. The summed E-state index contributed by atoms with van der Waals surface area (Å²) in [6, 6.07) is 2.43. The lowest BCUT2D eigenvalue weighted by molar-refractivity contribution is 0.743. The minimum absolute atomic E-state index is 1.22. The largest absolute Gasteiger partial charge is 0.362 e. The van der Waals surface area contributed by atoms with Crippen molar-refractivity contribution in [1.82, 2.24) is 4.98 Å². The van der Waals surface area contributed by atoms with Gasteiger partial charge in [-0.05, 0) is 50.2 Å². The van der Waals surface area contributed by atoms with E-state index in [0.29, 0.717) is 0 Å². The van der Waals surface area contributed by atoms with Gasteiger partial charge in [0.15, 0.2) is 0 Å². The molecular weight excluding hydrogens is 206 g/mol. The molecule has 0 aromatic carbocycles. The van der Waals surface area contributed by atoms with E-state index in [1.54, 1.807) is 5.56 Å². The molecule has 0 aliphatic carbocycles. The molecule has 0 atom stereocenters. The molecule has 1 heterocycles. The van der Waals surface area contributed by atoms with E-state index in [1.165, 1.54) is 69.2 Å². The van der Waals surface area contributed by atoms with E-state index in [9.17, 15) is 0 Å². The van der Waals surface area contributed by atoms with Crippen LogP contribution in [0.25, 0.3) is 0 Å². The molecule has 1 nitrogen and oxygen atoms in total. The fourth-order valence-corrected chi connectivity index (χ4v) is 2.28. The Kier molecular flexibility index (Phi) is 7.07. The van der Waals surface area contributed by atoms with Crippen LogP contribution in [0, 0.1) is 0 Å². The summed E-state index contributed by atoms with van der Waals surface area (Å²) in [5, 5.41) is 0. The molecule has 0 amide bonds. The number of aryl methyl sites for hydroxylation is 3. The molecule has 0 fully saturated rings. The first-order valence-electron chi connectivity index (χ1n) is 7.51. The highest BCUT2D eigenvalue weighted by Crippen LogP contribution is 2.18. The van der Waals surface area contributed by atoms with E-state index in [1.807, 2.05) is 0 Å². The van der Waals surface area contributed by atoms with Gasteiger partial charge in [-0.15, -0.1) is 0 Å². The van der Waals surface area contributed by atoms with Gasteiger partial charge in [0.25, 0.3) is 0 Å². The summed E-state index contributed by atoms with van der Waals surface area (Å²) in [6.45, 7) is 6.81. The Labute approximate surface area is 107 Å². The van der Waals surface area contributed by atoms with Crippen molar-refractivity contribution in [2.75, 3.05) is 0 Å². The second-order valence-corrected chi connectivity index (χ2v) is 5.11. The number of aromatic nitrogens is 1. The SMILES string of the molecule is CCCCc1cc(CCCC)c(CCCC)[nH]1. The average Bonchev–Trinajstić information content (AvgIpc) is 2.73. The van der Waals surface area contributed by atoms with Gasteiger partial charge in [0.2, 0.25) is 0 Å². The molecular formula is C16H29N. The molecule has 0 radical (unpaired) electrons. The summed E-state index contributed by atoms with van der Waals surface area (Å²) in [4.78, 5) is 3.66. The molecule has 98 valence electrons. The summed E-state index contributed by atoms with van der Waals surface area (Å²) >= 11 is 0. The van der Waals surface area contributed by atoms with Crippen molar-refractivity contribution in [3.63, 3.8) is 0 Å². The van der Waals surface area contributed by atoms with Gasteiger partial charge in [0.05, 0.1) is 0 Å². The molecule has 0 unspecified atom stereocenters. The van der Waals surface area contributed by atoms with Crippen LogP contribution in [0.5, 0.6) is 0 Å². The van der Waals surface area contributed by atoms with Gasteiger partial charge >= 0.3 is 0 Å². The summed E-state index contributed by atoms with van der Waals surface area (Å²) in [7, 11) is 0. The Morgan fingerprint density at radius 2 is 1.41 bits per heavy atom. The van der Waals surface area contributed by atoms with Crippen molar-refractivity contribution in [2.45, 2.75) is 78.6 Å². The summed E-state index contributed by atoms with van der Waals surface area (Å²) in [5.41, 5.74) is 4.57. The summed E-state index contributed by atoms with van der Waals surface area (Å²) < 4.78 is 0. The monoisotopic (exact) mass is 235 g/mol. The van der Waals surface area contributed by atoms with Crippen molar-refractivity contribution in [2.24, 2.45) is 0 Å². The minimum atomic E-state index is 1.22. The van der Waals surface area contributed by atoms with Crippen molar-refractivity contribution < 1.29 is 0 Å². The number of H-pyrrole nitrogens is 1. The molecule has 1 aromatic heterocycles. The molecule has 0 bridgehead atoms. The second kappa shape index (κ2) is 8.38. The van der Waals surface area contributed by atoms with Gasteiger partial charge in [-0.25, -0.2) is 0 Å². The lowest BCUT2D eigenvalue weighted by Crippen LogP contribution is -1.92. The first kappa shape index (κ1) is 14.3. The third-order valence-electron chi connectivity index (χ3n) is 3.43. The molecule has 17 heavy (non-hydrogen) atoms. The van der Waals surface area contributed by atoms with Crippen LogP contribution >= 0.6 is 0 Å². The predicted octanol–water partition coefficient (Wildman–Crippen LogP) is 5.04. The Bertz CT molecular complexity index is 273. The van der Waals surface area contributed by atoms with E-state index < -0.39 is 0 Å². The molecule has 1 aromatic rings. The number of hydrogen-bond donors (Lipinski definition) is 1. The van der Waals surface area contributed by atoms with Gasteiger partial charge in [-0.3, -0.25) is 0 Å². The zero-order valence-corrected chi connectivity index (χ0v) is 11.9. The predicted molar refractivity (Wildman–Crippen MR) is 76.6 cm³/mol. The van der Waals surface area contributed by atoms with Crippen molar-refractivity contribution in [3.05, 3.63) is 23.0 Å². The second-order valence-electron chi connectivity index (χ2n) is 5.11. The molecule has 0 spiro atoms. The van der Waals surface area contributed by atoms with Crippen LogP contribution in [0.15, 0.2) is 6.07 Å². The molecule has 0 aliphatic heterocycles. The van der Waals surface area contributed by atoms with Gasteiger partial charge < -0.3 is 4.98 Å². The third-order valence-corrected chi connectivity index (χ3v) is 3.43. The third kappa shape index (κ3) is 4.97. The quantitative estimate of drug-likeness (QED) is 0.617. The van der Waals surface area contributed by atoms with Crippen LogP contribution in [0.3, 0.4) is 0 Å². The van der Waals surface area contributed by atoms with E-state index in [0.717, 1.165) is 0 Å². The van der Waals surface area contributed by atoms with Crippen LogP contribution < -0.4 is 0 Å². The van der Waals surface area contributed by atoms with Crippen molar-refractivity contribution in [1.29, 1.82) is 0 Å². The van der Waals surface area contributed by atoms with Crippen LogP contribution in [-0.4, -0.2) is 4.98 Å². The maximum atomic E-state index is 3.66. The first-order valence-corrected chi connectivity index (χ1v) is 7.51. The average molecular weight is 235 g/mol. The smallest absolute Gasteiger partial charge is 0.0181 e. The first-order chi connectivity index (χ1) is 8.31. The van der Waals surface area contributed by atoms with Crippen LogP contribution in [0.1, 0.15) is 76.2 Å². The van der Waals surface area contributed by atoms with Gasteiger partial charge in [-0.1, -0.05) is 40.0 Å². The maximum Gasteiger partial charge on any atom is 0.0181 e. The number of nitrogens with one attached hydrogen (secondary N) is 1. The minimum Gasteiger partial charge on any atom is -0.362 e. The fraction of sp³-hybridized carbons (Fsp3) is 0.750. The molecule has 0 aliphatic rings. The van der Waals surface area contributed by atoms with Gasteiger partial charge in [0.1, 0.15) is 0 Å². The highest BCUT2D eigenvalue weighted by atomic mass is 14.7. The van der Waals surface area contributed by atoms with E-state index in [-0.39, 0.29) is 0 Å². The van der Waals surface area contributed by atoms with E-state index >= 15 is 0 Å². The van der Waals surface area contributed by atoms with E-state index in [4.69, 9.17) is 0 Å². The Morgan fingerprint density at radius 1 is 0.824 bits per heavy atom. The normalized spacial score (nSPS) is 11.0. The van der Waals surface area contributed by atoms with Crippen LogP contribution in [0.2, 0.25) is 0 Å². The zero-order chi connectivity index (χ0) is 12.5. The highest BCUT2D eigenvalue weighted by Gasteiger charge is 2.07. The van der Waals surface area contributed by atoms with E-state index in [2.05, 4.69) is 31.8 Å². The Hall–Kier alpha value is -0.720. The van der Waals surface area contributed by atoms with Crippen molar-refractivity contribution >= 4 is 0 Å². The zero-order valence-electron chi connectivity index (χ0n) is 11.9. The molecule has 0 saturated heterocycles. The summed E-state index contributed by atoms with van der Waals surface area (Å²) in [6.07, 6.45) is 11.5. The van der Waals surface area contributed by atoms with Crippen LogP contribution in [-0.2, 0) is 19.3 Å². The molecule has 0 saturated carbocycles. The highest BCUT2D eigenvalue weighted by molar-refractivity contribution is 5.26. The lowest BCUT2D eigenvalue weighted by atomic mass is 10.1. The fourth-order valence-electron chi connectivity index (χ4n) is 2.28.